The third-order valence-corrected chi connectivity index (χ3v) is 6.69. The lowest BCUT2D eigenvalue weighted by atomic mass is 9.93. The van der Waals surface area contributed by atoms with Crippen molar-refractivity contribution in [3.8, 4) is 0 Å². The molecule has 1 N–H and O–H groups in total. The molecule has 1 unspecified atom stereocenters. The van der Waals surface area contributed by atoms with Gasteiger partial charge in [-0.3, -0.25) is 9.59 Å². The van der Waals surface area contributed by atoms with Crippen LogP contribution in [0.4, 0.5) is 9.18 Å². The summed E-state index contributed by atoms with van der Waals surface area (Å²) in [5, 5.41) is 11.2. The average Bonchev–Trinajstić information content (AvgIpc) is 2.87. The summed E-state index contributed by atoms with van der Waals surface area (Å²) in [6.07, 6.45) is 1.96. The predicted molar refractivity (Wildman–Crippen MR) is 124 cm³/mol. The molecule has 4 amide bonds. The zero-order chi connectivity index (χ0) is 24.2. The van der Waals surface area contributed by atoms with E-state index >= 15 is 0 Å². The molecular formula is C24H31FN6O3. The number of amides is 4. The van der Waals surface area contributed by atoms with E-state index < -0.39 is 5.82 Å². The fourth-order valence-electron chi connectivity index (χ4n) is 4.71. The molecule has 182 valence electrons. The van der Waals surface area contributed by atoms with E-state index in [9.17, 15) is 18.8 Å². The number of rotatable bonds is 5. The van der Waals surface area contributed by atoms with Gasteiger partial charge in [0.05, 0.1) is 5.56 Å². The first-order valence-electron chi connectivity index (χ1n) is 12.0. The molecule has 0 saturated carbocycles. The third kappa shape index (κ3) is 4.80. The van der Waals surface area contributed by atoms with Gasteiger partial charge in [0.25, 0.3) is 11.8 Å². The topological polar surface area (TPSA) is 97.7 Å². The van der Waals surface area contributed by atoms with Gasteiger partial charge in [-0.2, -0.15) is 5.11 Å². The highest BCUT2D eigenvalue weighted by Gasteiger charge is 2.31. The molecule has 0 radical (unpaired) electrons. The highest BCUT2D eigenvalue weighted by Crippen LogP contribution is 2.27. The monoisotopic (exact) mass is 470 g/mol. The molecular weight excluding hydrogens is 439 g/mol. The molecule has 1 atom stereocenters. The van der Waals surface area contributed by atoms with Crippen LogP contribution >= 0.6 is 0 Å². The van der Waals surface area contributed by atoms with Crippen LogP contribution in [-0.4, -0.2) is 84.4 Å². The molecule has 1 aromatic carbocycles. The van der Waals surface area contributed by atoms with Gasteiger partial charge in [0.1, 0.15) is 11.9 Å². The van der Waals surface area contributed by atoms with Crippen LogP contribution in [0.3, 0.4) is 0 Å². The van der Waals surface area contributed by atoms with Crippen LogP contribution in [-0.2, 0) is 11.2 Å². The third-order valence-electron chi connectivity index (χ3n) is 6.69. The van der Waals surface area contributed by atoms with Crippen LogP contribution in [0.1, 0.15) is 42.6 Å². The molecule has 9 nitrogen and oxygen atoms in total. The number of nitrogens with zero attached hydrogens (tertiary/aromatic N) is 5. The summed E-state index contributed by atoms with van der Waals surface area (Å²) in [7, 11) is 0. The van der Waals surface area contributed by atoms with Gasteiger partial charge in [0.15, 0.2) is 0 Å². The Morgan fingerprint density at radius 2 is 1.85 bits per heavy atom. The molecule has 4 rings (SSSR count). The Labute approximate surface area is 198 Å². The first-order valence-corrected chi connectivity index (χ1v) is 12.0. The number of carbonyl (C=O) groups is 3. The highest BCUT2D eigenvalue weighted by atomic mass is 19.1. The Morgan fingerprint density at radius 1 is 1.15 bits per heavy atom. The van der Waals surface area contributed by atoms with Crippen molar-refractivity contribution in [2.75, 3.05) is 45.8 Å². The number of nitrogens with one attached hydrogen (secondary N) is 1. The number of hydrogen-bond donors (Lipinski definition) is 1. The summed E-state index contributed by atoms with van der Waals surface area (Å²) in [5.74, 6) is -1.26. The Bertz CT molecular complexity index is 1030. The van der Waals surface area contributed by atoms with Crippen molar-refractivity contribution >= 4 is 17.8 Å². The lowest BCUT2D eigenvalue weighted by Crippen LogP contribution is -2.54. The molecule has 0 aromatic heterocycles. The van der Waals surface area contributed by atoms with Gasteiger partial charge in [-0.05, 0) is 44.4 Å². The second-order valence-electron chi connectivity index (χ2n) is 8.71. The van der Waals surface area contributed by atoms with Crippen molar-refractivity contribution in [2.45, 2.75) is 39.2 Å². The number of hydrogen-bond acceptors (Lipinski definition) is 5. The van der Waals surface area contributed by atoms with Crippen LogP contribution in [0.25, 0.3) is 0 Å². The minimum absolute atomic E-state index is 0.00986. The summed E-state index contributed by atoms with van der Waals surface area (Å²) >= 11 is 0. The summed E-state index contributed by atoms with van der Waals surface area (Å²) < 4.78 is 14.6. The van der Waals surface area contributed by atoms with Crippen molar-refractivity contribution < 1.29 is 18.8 Å². The van der Waals surface area contributed by atoms with Gasteiger partial charge in [-0.1, -0.05) is 6.07 Å². The van der Waals surface area contributed by atoms with Crippen molar-refractivity contribution in [2.24, 2.45) is 10.2 Å². The van der Waals surface area contributed by atoms with Crippen LogP contribution in [0.2, 0.25) is 0 Å². The molecule has 3 heterocycles. The predicted octanol–water partition coefficient (Wildman–Crippen LogP) is 2.59. The maximum atomic E-state index is 14.6. The second kappa shape index (κ2) is 10.3. The number of piperazine rings is 1. The lowest BCUT2D eigenvalue weighted by Gasteiger charge is -2.37. The minimum atomic E-state index is -0.577. The van der Waals surface area contributed by atoms with Gasteiger partial charge < -0.3 is 20.0 Å². The molecule has 1 saturated heterocycles. The van der Waals surface area contributed by atoms with E-state index in [1.54, 1.807) is 26.8 Å². The van der Waals surface area contributed by atoms with E-state index in [1.807, 2.05) is 13.8 Å². The zero-order valence-corrected chi connectivity index (χ0v) is 19.7. The van der Waals surface area contributed by atoms with E-state index in [0.29, 0.717) is 57.7 Å². The van der Waals surface area contributed by atoms with Gasteiger partial charge >= 0.3 is 6.03 Å². The summed E-state index contributed by atoms with van der Waals surface area (Å²) in [6.45, 7) is 7.46. The van der Waals surface area contributed by atoms with Crippen LogP contribution < -0.4 is 5.32 Å². The van der Waals surface area contributed by atoms with Crippen molar-refractivity contribution in [1.82, 2.24) is 20.0 Å². The van der Waals surface area contributed by atoms with Crippen molar-refractivity contribution in [3.63, 3.8) is 0 Å². The quantitative estimate of drug-likeness (QED) is 0.715. The molecule has 3 aliphatic heterocycles. The SMILES string of the molecule is CCN(CC)C(=O)N1CCN(C(=O)c2cc(CC3N=NC(=O)C4=C3NCCC4)ccc2F)CC1. The van der Waals surface area contributed by atoms with Crippen molar-refractivity contribution in [3.05, 3.63) is 46.4 Å². The number of azo groups is 1. The molecule has 10 heteroatoms. The normalized spacial score (nSPS) is 20.2. The highest BCUT2D eigenvalue weighted by molar-refractivity contribution is 5.96. The fourth-order valence-corrected chi connectivity index (χ4v) is 4.71. The summed E-state index contributed by atoms with van der Waals surface area (Å²) in [6, 6.07) is 4.13. The van der Waals surface area contributed by atoms with Crippen LogP contribution in [0, 0.1) is 5.82 Å². The maximum absolute atomic E-state index is 14.6. The average molecular weight is 471 g/mol. The van der Waals surface area contributed by atoms with E-state index in [0.717, 1.165) is 24.2 Å². The van der Waals surface area contributed by atoms with Gasteiger partial charge in [0, 0.05) is 63.5 Å². The standard InChI is InChI=1S/C24H31FN6O3/c1-3-29(4-2)24(34)31-12-10-30(11-13-31)23(33)18-14-16(7-8-19(18)25)15-20-21-17(6-5-9-26-21)22(32)28-27-20/h7-8,14,20,26H,3-6,9-13,15H2,1-2H3. The van der Waals surface area contributed by atoms with Crippen molar-refractivity contribution in [1.29, 1.82) is 0 Å². The number of benzene rings is 1. The smallest absolute Gasteiger partial charge is 0.320 e. The Morgan fingerprint density at radius 3 is 2.56 bits per heavy atom. The maximum Gasteiger partial charge on any atom is 0.320 e. The molecule has 0 bridgehead atoms. The molecule has 1 fully saturated rings. The Hall–Kier alpha value is -3.30. The molecule has 0 aliphatic carbocycles. The minimum Gasteiger partial charge on any atom is -0.386 e. The molecule has 0 spiro atoms. The van der Waals surface area contributed by atoms with E-state index in [-0.39, 0.29) is 29.5 Å². The molecule has 34 heavy (non-hydrogen) atoms. The number of urea groups is 1. The molecule has 1 aromatic rings. The summed E-state index contributed by atoms with van der Waals surface area (Å²) in [5.41, 5.74) is 2.22. The van der Waals surface area contributed by atoms with Gasteiger partial charge in [0.2, 0.25) is 0 Å². The largest absolute Gasteiger partial charge is 0.386 e. The van der Waals surface area contributed by atoms with E-state index in [2.05, 4.69) is 15.5 Å². The zero-order valence-electron chi connectivity index (χ0n) is 19.7. The van der Waals surface area contributed by atoms with E-state index in [4.69, 9.17) is 0 Å². The van der Waals surface area contributed by atoms with Crippen LogP contribution in [0.15, 0.2) is 39.7 Å². The first-order chi connectivity index (χ1) is 16.4. The Balaban J connectivity index is 1.44. The van der Waals surface area contributed by atoms with Gasteiger partial charge in [-0.25, -0.2) is 9.18 Å². The summed E-state index contributed by atoms with van der Waals surface area (Å²) in [4.78, 5) is 42.8. The molecule has 3 aliphatic rings. The van der Waals surface area contributed by atoms with Crippen LogP contribution in [0.5, 0.6) is 0 Å². The lowest BCUT2D eigenvalue weighted by molar-refractivity contribution is -0.115. The fraction of sp³-hybridized carbons (Fsp3) is 0.542. The van der Waals surface area contributed by atoms with Gasteiger partial charge in [-0.15, -0.1) is 5.11 Å². The number of halogens is 1. The second-order valence-corrected chi connectivity index (χ2v) is 8.71. The number of carbonyl (C=O) groups excluding carboxylic acids is 3. The first kappa shape index (κ1) is 23.8. The Kier molecular flexibility index (Phi) is 7.23. The van der Waals surface area contributed by atoms with E-state index in [1.165, 1.54) is 6.07 Å².